The van der Waals surface area contributed by atoms with Gasteiger partial charge in [-0.25, -0.2) is 4.98 Å². The van der Waals surface area contributed by atoms with Gasteiger partial charge in [0.15, 0.2) is 0 Å². The minimum atomic E-state index is 0.182. The summed E-state index contributed by atoms with van der Waals surface area (Å²) in [5, 5.41) is 3.75. The van der Waals surface area contributed by atoms with Crippen molar-refractivity contribution < 1.29 is 4.74 Å². The summed E-state index contributed by atoms with van der Waals surface area (Å²) in [5.74, 6) is 1.45. The molecule has 1 unspecified atom stereocenters. The zero-order chi connectivity index (χ0) is 17.0. The molecule has 2 aromatic rings. The Morgan fingerprint density at radius 3 is 2.75 bits per heavy atom. The van der Waals surface area contributed by atoms with E-state index in [0.29, 0.717) is 5.88 Å². The Bertz CT molecular complexity index is 724. The highest BCUT2D eigenvalue weighted by Crippen LogP contribution is 2.32. The molecule has 0 fully saturated rings. The topological polar surface area (TPSA) is 34.1 Å². The normalized spacial score (nSPS) is 21.0. The number of pyridine rings is 1. The van der Waals surface area contributed by atoms with Crippen LogP contribution in [0.25, 0.3) is 0 Å². The Kier molecular flexibility index (Phi) is 5.00. The number of nitrogens with one attached hydrogen (secondary N) is 1. The number of benzene rings is 1. The van der Waals surface area contributed by atoms with Crippen molar-refractivity contribution >= 4 is 0 Å². The van der Waals surface area contributed by atoms with E-state index in [0.717, 1.165) is 18.7 Å². The molecule has 0 bridgehead atoms. The molecule has 1 atom stereocenters. The molecule has 1 N–H and O–H groups in total. The predicted molar refractivity (Wildman–Crippen MR) is 98.2 cm³/mol. The lowest BCUT2D eigenvalue weighted by atomic mass is 9.80. The van der Waals surface area contributed by atoms with Gasteiger partial charge in [-0.3, -0.25) is 0 Å². The van der Waals surface area contributed by atoms with Gasteiger partial charge in [0, 0.05) is 24.3 Å². The molecular formula is C21H26N2O. The van der Waals surface area contributed by atoms with Gasteiger partial charge >= 0.3 is 0 Å². The third kappa shape index (κ3) is 4.24. The molecular weight excluding hydrogens is 296 g/mol. The van der Waals surface area contributed by atoms with Crippen molar-refractivity contribution in [3.63, 3.8) is 0 Å². The van der Waals surface area contributed by atoms with Crippen LogP contribution in [0.2, 0.25) is 0 Å². The maximum atomic E-state index is 5.82. The maximum absolute atomic E-state index is 5.82. The van der Waals surface area contributed by atoms with Gasteiger partial charge in [0.05, 0.1) is 0 Å². The molecule has 1 aliphatic rings. The number of allylic oxidation sites excluding steroid dienone is 1. The summed E-state index contributed by atoms with van der Waals surface area (Å²) in [6, 6.07) is 13.9. The van der Waals surface area contributed by atoms with E-state index in [1.165, 1.54) is 24.0 Å². The molecule has 1 aromatic heterocycles. The van der Waals surface area contributed by atoms with Crippen LogP contribution in [0.3, 0.4) is 0 Å². The van der Waals surface area contributed by atoms with Crippen LogP contribution in [-0.4, -0.2) is 10.5 Å². The van der Waals surface area contributed by atoms with E-state index in [2.05, 4.69) is 43.2 Å². The van der Waals surface area contributed by atoms with E-state index in [1.54, 1.807) is 11.8 Å². The Morgan fingerprint density at radius 2 is 2.00 bits per heavy atom. The Morgan fingerprint density at radius 1 is 1.12 bits per heavy atom. The average Bonchev–Trinajstić information content (AvgIpc) is 2.58. The van der Waals surface area contributed by atoms with Gasteiger partial charge in [-0.2, -0.15) is 0 Å². The van der Waals surface area contributed by atoms with Crippen molar-refractivity contribution in [2.75, 3.05) is 0 Å². The smallest absolute Gasteiger partial charge is 0.219 e. The molecule has 0 aliphatic heterocycles. The molecule has 0 spiro atoms. The van der Waals surface area contributed by atoms with Crippen LogP contribution >= 0.6 is 0 Å². The first-order chi connectivity index (χ1) is 11.5. The minimum Gasteiger partial charge on any atom is -0.439 e. The Labute approximate surface area is 144 Å². The number of ether oxygens (including phenoxy) is 1. The number of nitrogens with zero attached hydrogens (tertiary/aromatic N) is 1. The quantitative estimate of drug-likeness (QED) is 0.764. The fourth-order valence-electron chi connectivity index (χ4n) is 3.21. The van der Waals surface area contributed by atoms with Gasteiger partial charge < -0.3 is 10.1 Å². The Balaban J connectivity index is 1.63. The van der Waals surface area contributed by atoms with E-state index < -0.39 is 0 Å². The van der Waals surface area contributed by atoms with Gasteiger partial charge in [-0.05, 0) is 63.8 Å². The molecule has 0 amide bonds. The third-order valence-electron chi connectivity index (χ3n) is 4.91. The molecule has 3 rings (SSSR count). The van der Waals surface area contributed by atoms with Crippen LogP contribution < -0.4 is 10.1 Å². The SMILES string of the molecule is CC1=C(C)CC(C)(NCc2cccc(Oc3ccccn3)c2)CC1. The molecule has 3 heteroatoms. The summed E-state index contributed by atoms with van der Waals surface area (Å²) in [7, 11) is 0. The van der Waals surface area contributed by atoms with E-state index >= 15 is 0 Å². The lowest BCUT2D eigenvalue weighted by molar-refractivity contribution is 0.310. The van der Waals surface area contributed by atoms with Gasteiger partial charge in [0.1, 0.15) is 5.75 Å². The summed E-state index contributed by atoms with van der Waals surface area (Å²) in [6.45, 7) is 7.70. The van der Waals surface area contributed by atoms with Crippen molar-refractivity contribution in [3.8, 4) is 11.6 Å². The third-order valence-corrected chi connectivity index (χ3v) is 4.91. The Hall–Kier alpha value is -2.13. The van der Waals surface area contributed by atoms with Gasteiger partial charge in [-0.1, -0.05) is 29.3 Å². The molecule has 0 radical (unpaired) electrons. The van der Waals surface area contributed by atoms with Crippen LogP contribution in [0.5, 0.6) is 11.6 Å². The van der Waals surface area contributed by atoms with Crippen LogP contribution in [0, 0.1) is 0 Å². The monoisotopic (exact) mass is 322 g/mol. The first kappa shape index (κ1) is 16.7. The van der Waals surface area contributed by atoms with Crippen molar-refractivity contribution in [3.05, 3.63) is 65.4 Å². The van der Waals surface area contributed by atoms with E-state index in [1.807, 2.05) is 30.3 Å². The average molecular weight is 322 g/mol. The van der Waals surface area contributed by atoms with Crippen LogP contribution in [0.1, 0.15) is 45.6 Å². The second kappa shape index (κ2) is 7.18. The highest BCUT2D eigenvalue weighted by Gasteiger charge is 2.27. The summed E-state index contributed by atoms with van der Waals surface area (Å²) < 4.78 is 5.82. The van der Waals surface area contributed by atoms with Gasteiger partial charge in [0.2, 0.25) is 5.88 Å². The maximum Gasteiger partial charge on any atom is 0.219 e. The van der Waals surface area contributed by atoms with E-state index in [9.17, 15) is 0 Å². The first-order valence-electron chi connectivity index (χ1n) is 8.62. The van der Waals surface area contributed by atoms with Crippen LogP contribution in [-0.2, 0) is 6.54 Å². The largest absolute Gasteiger partial charge is 0.439 e. The summed E-state index contributed by atoms with van der Waals surface area (Å²) in [4.78, 5) is 4.21. The lowest BCUT2D eigenvalue weighted by Gasteiger charge is -2.36. The molecule has 1 aliphatic carbocycles. The van der Waals surface area contributed by atoms with Gasteiger partial charge in [0.25, 0.3) is 0 Å². The van der Waals surface area contributed by atoms with Crippen LogP contribution in [0.4, 0.5) is 0 Å². The number of aromatic nitrogens is 1. The fraction of sp³-hybridized carbons (Fsp3) is 0.381. The molecule has 1 aromatic carbocycles. The van der Waals surface area contributed by atoms with Crippen LogP contribution in [0.15, 0.2) is 59.8 Å². The lowest BCUT2D eigenvalue weighted by Crippen LogP contribution is -2.43. The molecule has 3 nitrogen and oxygen atoms in total. The van der Waals surface area contributed by atoms with Crippen molar-refractivity contribution in [2.24, 2.45) is 0 Å². The summed E-state index contributed by atoms with van der Waals surface area (Å²) in [5.41, 5.74) is 4.50. The minimum absolute atomic E-state index is 0.182. The van der Waals surface area contributed by atoms with Crippen molar-refractivity contribution in [1.29, 1.82) is 0 Å². The summed E-state index contributed by atoms with van der Waals surface area (Å²) >= 11 is 0. The standard InChI is InChI=1S/C21H26N2O/c1-16-10-11-21(3,14-17(16)2)23-15-18-7-6-8-19(13-18)24-20-9-4-5-12-22-20/h4-9,12-13,23H,10-11,14-15H2,1-3H3. The van der Waals surface area contributed by atoms with E-state index in [4.69, 9.17) is 4.74 Å². The number of hydrogen-bond donors (Lipinski definition) is 1. The highest BCUT2D eigenvalue weighted by atomic mass is 16.5. The first-order valence-corrected chi connectivity index (χ1v) is 8.62. The molecule has 126 valence electrons. The van der Waals surface area contributed by atoms with Gasteiger partial charge in [-0.15, -0.1) is 0 Å². The summed E-state index contributed by atoms with van der Waals surface area (Å²) in [6.07, 6.45) is 5.25. The number of rotatable bonds is 5. The molecule has 0 saturated carbocycles. The van der Waals surface area contributed by atoms with Crippen molar-refractivity contribution in [2.45, 2.75) is 52.1 Å². The van der Waals surface area contributed by atoms with Crippen molar-refractivity contribution in [1.82, 2.24) is 10.3 Å². The fourth-order valence-corrected chi connectivity index (χ4v) is 3.21. The van der Waals surface area contributed by atoms with E-state index in [-0.39, 0.29) is 5.54 Å². The zero-order valence-corrected chi connectivity index (χ0v) is 14.8. The second-order valence-corrected chi connectivity index (χ2v) is 7.07. The predicted octanol–water partition coefficient (Wildman–Crippen LogP) is 5.24. The molecule has 0 saturated heterocycles. The second-order valence-electron chi connectivity index (χ2n) is 7.07. The highest BCUT2D eigenvalue weighted by molar-refractivity contribution is 5.31. The molecule has 24 heavy (non-hydrogen) atoms. The molecule has 1 heterocycles. The zero-order valence-electron chi connectivity index (χ0n) is 14.8. The number of hydrogen-bond acceptors (Lipinski definition) is 3.